The molecule has 4 nitrogen and oxygen atoms in total. The number of rotatable bonds is 1. The Morgan fingerprint density at radius 2 is 1.91 bits per heavy atom. The Labute approximate surface area is 139 Å². The van der Waals surface area contributed by atoms with Crippen LogP contribution in [0.15, 0.2) is 0 Å². The first kappa shape index (κ1) is 16.8. The Kier molecular flexibility index (Phi) is 3.81. The van der Waals surface area contributed by atoms with Gasteiger partial charge in [0.25, 0.3) is 0 Å². The van der Waals surface area contributed by atoms with Crippen molar-refractivity contribution in [2.45, 2.75) is 84.8 Å². The summed E-state index contributed by atoms with van der Waals surface area (Å²) in [6.45, 7) is 10.5. The zero-order chi connectivity index (χ0) is 17.0. The molecular weight excluding hydrogens is 292 g/mol. The highest BCUT2D eigenvalue weighted by Crippen LogP contribution is 2.66. The van der Waals surface area contributed by atoms with Gasteiger partial charge in [0.05, 0.1) is 0 Å². The number of carbonyl (C=O) groups is 2. The Hall–Kier alpha value is -1.06. The Bertz CT molecular complexity index is 525. The molecule has 4 heteroatoms. The van der Waals surface area contributed by atoms with E-state index in [4.69, 9.17) is 9.47 Å². The zero-order valence-electron chi connectivity index (χ0n) is 15.1. The van der Waals surface area contributed by atoms with Crippen LogP contribution in [0.4, 0.5) is 0 Å². The summed E-state index contributed by atoms with van der Waals surface area (Å²) in [6.07, 6.45) is 5.34. The lowest BCUT2D eigenvalue weighted by Gasteiger charge is -2.64. The summed E-state index contributed by atoms with van der Waals surface area (Å²) < 4.78 is 11.8. The van der Waals surface area contributed by atoms with Gasteiger partial charge in [-0.2, -0.15) is 0 Å². The molecule has 0 radical (unpaired) electrons. The second kappa shape index (κ2) is 5.22. The van der Waals surface area contributed by atoms with Crippen molar-refractivity contribution in [1.29, 1.82) is 0 Å². The van der Waals surface area contributed by atoms with Gasteiger partial charge in [0, 0.05) is 30.6 Å². The molecule has 3 rings (SSSR count). The maximum atomic E-state index is 12.0. The largest absolute Gasteiger partial charge is 0.462 e. The van der Waals surface area contributed by atoms with Crippen molar-refractivity contribution >= 4 is 11.9 Å². The van der Waals surface area contributed by atoms with Crippen LogP contribution in [0.3, 0.4) is 0 Å². The normalized spacial score (nSPS) is 45.4. The maximum Gasteiger partial charge on any atom is 0.306 e. The van der Waals surface area contributed by atoms with E-state index in [0.717, 1.165) is 32.1 Å². The molecular formula is C19H30O4. The fourth-order valence-electron chi connectivity index (χ4n) is 6.38. The third-order valence-corrected chi connectivity index (χ3v) is 7.08. The molecule has 0 bridgehead atoms. The lowest BCUT2D eigenvalue weighted by molar-refractivity contribution is -0.247. The summed E-state index contributed by atoms with van der Waals surface area (Å²) in [5, 5.41) is 0. The number of hydrogen-bond acceptors (Lipinski definition) is 4. The van der Waals surface area contributed by atoms with E-state index in [1.807, 2.05) is 0 Å². The summed E-state index contributed by atoms with van der Waals surface area (Å²) in [4.78, 5) is 23.7. The summed E-state index contributed by atoms with van der Waals surface area (Å²) in [7, 11) is 0. The van der Waals surface area contributed by atoms with E-state index in [1.54, 1.807) is 0 Å². The molecule has 3 aliphatic rings. The minimum atomic E-state index is -0.386. The molecule has 1 spiro atoms. The molecule has 0 aromatic rings. The van der Waals surface area contributed by atoms with Gasteiger partial charge in [-0.25, -0.2) is 0 Å². The van der Waals surface area contributed by atoms with Crippen LogP contribution in [0.5, 0.6) is 0 Å². The third-order valence-electron chi connectivity index (χ3n) is 7.08. The molecule has 2 saturated carbocycles. The highest BCUT2D eigenvalue weighted by Gasteiger charge is 2.68. The van der Waals surface area contributed by atoms with Crippen molar-refractivity contribution in [2.75, 3.05) is 0 Å². The first-order valence-electron chi connectivity index (χ1n) is 9.01. The molecule has 3 fully saturated rings. The van der Waals surface area contributed by atoms with Crippen molar-refractivity contribution in [3.63, 3.8) is 0 Å². The summed E-state index contributed by atoms with van der Waals surface area (Å²) in [5.41, 5.74) is -0.433. The van der Waals surface area contributed by atoms with E-state index < -0.39 is 0 Å². The topological polar surface area (TPSA) is 52.6 Å². The minimum absolute atomic E-state index is 0.0638. The Morgan fingerprint density at radius 3 is 2.48 bits per heavy atom. The fraction of sp³-hybridized carbons (Fsp3) is 0.895. The van der Waals surface area contributed by atoms with Gasteiger partial charge >= 0.3 is 11.9 Å². The first-order valence-corrected chi connectivity index (χ1v) is 9.01. The van der Waals surface area contributed by atoms with Gasteiger partial charge in [-0.15, -0.1) is 0 Å². The second-order valence-electron chi connectivity index (χ2n) is 8.89. The average Bonchev–Trinajstić information content (AvgIpc) is 2.79. The van der Waals surface area contributed by atoms with Crippen LogP contribution in [0.2, 0.25) is 0 Å². The number of hydrogen-bond donors (Lipinski definition) is 0. The highest BCUT2D eigenvalue weighted by atomic mass is 16.6. The predicted molar refractivity (Wildman–Crippen MR) is 86.6 cm³/mol. The third kappa shape index (κ3) is 2.32. The number of carbonyl (C=O) groups excluding carboxylic acids is 2. The summed E-state index contributed by atoms with van der Waals surface area (Å²) in [6, 6.07) is 0. The highest BCUT2D eigenvalue weighted by molar-refractivity contribution is 5.72. The number of ether oxygens (including phenoxy) is 2. The molecule has 1 heterocycles. The van der Waals surface area contributed by atoms with Crippen molar-refractivity contribution in [3.8, 4) is 0 Å². The standard InChI is InChI=1S/C19H30O4/c1-12-11-14(22-13(2)20)16-17(3,4)8-6-9-18(16,5)19(12)10-7-15(21)23-19/h12,14,16H,6-11H2,1-5H3/t12-,14-,16+,18+,19-/m1/s1. The first-order chi connectivity index (χ1) is 10.6. The van der Waals surface area contributed by atoms with E-state index in [9.17, 15) is 9.59 Å². The van der Waals surface area contributed by atoms with Crippen LogP contribution in [0.1, 0.15) is 73.1 Å². The summed E-state index contributed by atoms with van der Waals surface area (Å²) in [5.74, 6) is 0.180. The quantitative estimate of drug-likeness (QED) is 0.688. The van der Waals surface area contributed by atoms with Crippen LogP contribution >= 0.6 is 0 Å². The second-order valence-corrected chi connectivity index (χ2v) is 8.89. The van der Waals surface area contributed by atoms with Gasteiger partial charge < -0.3 is 9.47 Å². The average molecular weight is 322 g/mol. The van der Waals surface area contributed by atoms with E-state index >= 15 is 0 Å². The van der Waals surface area contributed by atoms with Crippen molar-refractivity contribution < 1.29 is 19.1 Å². The molecule has 130 valence electrons. The van der Waals surface area contributed by atoms with Gasteiger partial charge in [0.2, 0.25) is 0 Å². The molecule has 5 atom stereocenters. The Balaban J connectivity index is 2.07. The van der Waals surface area contributed by atoms with E-state index in [2.05, 4.69) is 27.7 Å². The lowest BCUT2D eigenvalue weighted by atomic mass is 9.43. The van der Waals surface area contributed by atoms with Crippen molar-refractivity contribution in [2.24, 2.45) is 22.7 Å². The van der Waals surface area contributed by atoms with Crippen LogP contribution in [0.25, 0.3) is 0 Å². The van der Waals surface area contributed by atoms with Gasteiger partial charge in [-0.05, 0) is 31.1 Å². The van der Waals surface area contributed by atoms with Crippen LogP contribution in [-0.2, 0) is 19.1 Å². The fourth-order valence-corrected chi connectivity index (χ4v) is 6.38. The molecule has 2 aliphatic carbocycles. The van der Waals surface area contributed by atoms with Crippen molar-refractivity contribution in [1.82, 2.24) is 0 Å². The SMILES string of the molecule is CC(=O)O[C@@H]1C[C@@H](C)[C@]2(CCC(=O)O2)[C@@]2(C)CCCC(C)(C)[C@H]12. The molecule has 0 aromatic heterocycles. The number of fused-ring (bicyclic) bond motifs is 2. The predicted octanol–water partition coefficient (Wildman–Crippen LogP) is 3.87. The van der Waals surface area contributed by atoms with E-state index in [0.29, 0.717) is 6.42 Å². The molecule has 1 saturated heterocycles. The monoisotopic (exact) mass is 322 g/mol. The molecule has 0 aromatic carbocycles. The van der Waals surface area contributed by atoms with Gasteiger partial charge in [-0.1, -0.05) is 34.1 Å². The molecule has 0 unspecified atom stereocenters. The van der Waals surface area contributed by atoms with Crippen LogP contribution in [0, 0.1) is 22.7 Å². The van der Waals surface area contributed by atoms with Crippen LogP contribution in [-0.4, -0.2) is 23.6 Å². The number of esters is 2. The minimum Gasteiger partial charge on any atom is -0.462 e. The zero-order valence-corrected chi connectivity index (χ0v) is 15.1. The smallest absolute Gasteiger partial charge is 0.306 e. The van der Waals surface area contributed by atoms with Gasteiger partial charge in [0.1, 0.15) is 11.7 Å². The van der Waals surface area contributed by atoms with Crippen LogP contribution < -0.4 is 0 Å². The molecule has 0 amide bonds. The lowest BCUT2D eigenvalue weighted by Crippen LogP contribution is -2.66. The van der Waals surface area contributed by atoms with Gasteiger partial charge in [-0.3, -0.25) is 9.59 Å². The Morgan fingerprint density at radius 1 is 1.22 bits per heavy atom. The molecule has 1 aliphatic heterocycles. The van der Waals surface area contributed by atoms with E-state index in [1.165, 1.54) is 6.92 Å². The molecule has 0 N–H and O–H groups in total. The van der Waals surface area contributed by atoms with Crippen molar-refractivity contribution in [3.05, 3.63) is 0 Å². The van der Waals surface area contributed by atoms with E-state index in [-0.39, 0.29) is 46.3 Å². The van der Waals surface area contributed by atoms with Gasteiger partial charge in [0.15, 0.2) is 0 Å². The maximum absolute atomic E-state index is 12.0. The molecule has 23 heavy (non-hydrogen) atoms. The summed E-state index contributed by atoms with van der Waals surface area (Å²) >= 11 is 0.